The first-order chi connectivity index (χ1) is 12.6. The zero-order valence-electron chi connectivity index (χ0n) is 14.9. The third-order valence-electron chi connectivity index (χ3n) is 4.28. The number of piperazine rings is 1. The van der Waals surface area contributed by atoms with Crippen LogP contribution in [0.15, 0.2) is 41.3 Å². The lowest BCUT2D eigenvalue weighted by atomic mass is 10.1. The molecule has 9 heteroatoms. The molecule has 2 heterocycles. The van der Waals surface area contributed by atoms with Gasteiger partial charge in [0, 0.05) is 38.8 Å². The summed E-state index contributed by atoms with van der Waals surface area (Å²) in [6, 6.07) is 7.66. The maximum absolute atomic E-state index is 12.8. The van der Waals surface area contributed by atoms with Crippen molar-refractivity contribution in [2.24, 2.45) is 0 Å². The van der Waals surface area contributed by atoms with E-state index in [0.717, 1.165) is 42.1 Å². The van der Waals surface area contributed by atoms with Crippen molar-refractivity contribution in [3.63, 3.8) is 0 Å². The van der Waals surface area contributed by atoms with Crippen molar-refractivity contribution in [2.75, 3.05) is 37.6 Å². The number of aromatic nitrogens is 2. The van der Waals surface area contributed by atoms with Gasteiger partial charge in [0.25, 0.3) is 5.56 Å². The molecule has 27 heavy (non-hydrogen) atoms. The van der Waals surface area contributed by atoms with Crippen LogP contribution in [-0.4, -0.2) is 48.4 Å². The first-order valence-electron chi connectivity index (χ1n) is 8.66. The minimum atomic E-state index is -0.297. The van der Waals surface area contributed by atoms with Crippen LogP contribution >= 0.6 is 12.4 Å². The van der Waals surface area contributed by atoms with Gasteiger partial charge in [0.2, 0.25) is 5.91 Å². The molecule has 0 radical (unpaired) electrons. The first kappa shape index (κ1) is 20.9. The number of amides is 1. The molecule has 0 atom stereocenters. The van der Waals surface area contributed by atoms with E-state index in [-0.39, 0.29) is 36.2 Å². The number of hydrogen-bond donors (Lipinski definition) is 2. The number of rotatable bonds is 6. The molecule has 0 saturated carbocycles. The van der Waals surface area contributed by atoms with Gasteiger partial charge in [-0.3, -0.25) is 9.59 Å². The van der Waals surface area contributed by atoms with E-state index in [1.165, 1.54) is 18.2 Å². The molecule has 1 fully saturated rings. The third kappa shape index (κ3) is 6.04. The highest BCUT2D eigenvalue weighted by molar-refractivity contribution is 5.85. The summed E-state index contributed by atoms with van der Waals surface area (Å²) in [7, 11) is 0. The van der Waals surface area contributed by atoms with E-state index in [2.05, 4.69) is 20.6 Å². The van der Waals surface area contributed by atoms with Crippen LogP contribution in [0.1, 0.15) is 5.56 Å². The monoisotopic (exact) mass is 395 g/mol. The molecule has 2 aromatic rings. The predicted octanol–water partition coefficient (Wildman–Crippen LogP) is 0.573. The molecule has 1 amide bonds. The smallest absolute Gasteiger partial charge is 0.269 e. The average molecular weight is 396 g/mol. The molecule has 1 aromatic heterocycles. The van der Waals surface area contributed by atoms with Crippen LogP contribution < -0.4 is 21.1 Å². The summed E-state index contributed by atoms with van der Waals surface area (Å²) in [4.78, 5) is 26.3. The molecule has 1 aromatic carbocycles. The maximum Gasteiger partial charge on any atom is 0.269 e. The number of hydrogen-bond acceptors (Lipinski definition) is 5. The zero-order chi connectivity index (χ0) is 18.4. The number of halogens is 2. The fourth-order valence-electron chi connectivity index (χ4n) is 2.83. The summed E-state index contributed by atoms with van der Waals surface area (Å²) in [6.07, 6.45) is 2.22. The van der Waals surface area contributed by atoms with Gasteiger partial charge in [-0.2, -0.15) is 5.10 Å². The lowest BCUT2D eigenvalue weighted by Gasteiger charge is -2.28. The third-order valence-corrected chi connectivity index (χ3v) is 4.28. The van der Waals surface area contributed by atoms with Crippen LogP contribution in [0, 0.1) is 5.82 Å². The Kier molecular flexibility index (Phi) is 7.75. The number of nitrogens with zero attached hydrogens (tertiary/aromatic N) is 3. The van der Waals surface area contributed by atoms with Gasteiger partial charge in [0.05, 0.1) is 11.9 Å². The van der Waals surface area contributed by atoms with Crippen molar-refractivity contribution < 1.29 is 9.18 Å². The quantitative estimate of drug-likeness (QED) is 0.747. The molecule has 0 unspecified atom stereocenters. The summed E-state index contributed by atoms with van der Waals surface area (Å²) in [6.45, 7) is 3.70. The number of carbonyl (C=O) groups is 1. The Morgan fingerprint density at radius 2 is 1.93 bits per heavy atom. The molecule has 7 nitrogen and oxygen atoms in total. The number of benzene rings is 1. The Bertz CT molecular complexity index is 806. The van der Waals surface area contributed by atoms with Crippen molar-refractivity contribution in [2.45, 2.75) is 13.0 Å². The Balaban J connectivity index is 0.00000261. The minimum absolute atomic E-state index is 0. The Morgan fingerprint density at radius 3 is 2.59 bits per heavy atom. The van der Waals surface area contributed by atoms with Gasteiger partial charge in [0.15, 0.2) is 0 Å². The Hall–Kier alpha value is -2.45. The molecule has 1 saturated heterocycles. The summed E-state index contributed by atoms with van der Waals surface area (Å²) < 4.78 is 14.0. The highest BCUT2D eigenvalue weighted by Gasteiger charge is 2.13. The van der Waals surface area contributed by atoms with E-state index in [4.69, 9.17) is 0 Å². The molecule has 0 bridgehead atoms. The second-order valence-electron chi connectivity index (χ2n) is 6.17. The number of nitrogens with one attached hydrogen (secondary N) is 2. The maximum atomic E-state index is 12.8. The Morgan fingerprint density at radius 1 is 1.22 bits per heavy atom. The van der Waals surface area contributed by atoms with E-state index in [1.54, 1.807) is 18.3 Å². The zero-order valence-corrected chi connectivity index (χ0v) is 15.7. The number of carbonyl (C=O) groups excluding carboxylic acids is 1. The standard InChI is InChI=1S/C18H22FN5O2.ClH/c19-15-3-1-14(2-4-15)5-6-21-17(25)13-24-18(26)11-16(12-22-24)23-9-7-20-8-10-23;/h1-4,11-12,20H,5-10,13H2,(H,21,25);1H. The fraction of sp³-hybridized carbons (Fsp3) is 0.389. The van der Waals surface area contributed by atoms with Crippen LogP contribution in [-0.2, 0) is 17.8 Å². The molecule has 3 rings (SSSR count). The molecule has 1 aliphatic rings. The van der Waals surface area contributed by atoms with Gasteiger partial charge in [0.1, 0.15) is 12.4 Å². The largest absolute Gasteiger partial charge is 0.368 e. The van der Waals surface area contributed by atoms with E-state index < -0.39 is 0 Å². The van der Waals surface area contributed by atoms with Gasteiger partial charge in [-0.15, -0.1) is 12.4 Å². The summed E-state index contributed by atoms with van der Waals surface area (Å²) in [5, 5.41) is 10.1. The number of anilines is 1. The topological polar surface area (TPSA) is 79.3 Å². The van der Waals surface area contributed by atoms with Crippen LogP contribution in [0.5, 0.6) is 0 Å². The van der Waals surface area contributed by atoms with Crippen LogP contribution in [0.2, 0.25) is 0 Å². The van der Waals surface area contributed by atoms with Crippen LogP contribution in [0.3, 0.4) is 0 Å². The Labute approximate surface area is 163 Å². The molecule has 2 N–H and O–H groups in total. The van der Waals surface area contributed by atoms with Crippen molar-refractivity contribution in [3.8, 4) is 0 Å². The van der Waals surface area contributed by atoms with Gasteiger partial charge in [-0.25, -0.2) is 9.07 Å². The average Bonchev–Trinajstić information content (AvgIpc) is 2.66. The van der Waals surface area contributed by atoms with E-state index >= 15 is 0 Å². The van der Waals surface area contributed by atoms with Gasteiger partial charge in [-0.1, -0.05) is 12.1 Å². The summed E-state index contributed by atoms with van der Waals surface area (Å²) in [5.41, 5.74) is 1.42. The van der Waals surface area contributed by atoms with Crippen molar-refractivity contribution in [1.82, 2.24) is 20.4 Å². The highest BCUT2D eigenvalue weighted by atomic mass is 35.5. The molecule has 1 aliphatic heterocycles. The van der Waals surface area contributed by atoms with Gasteiger partial charge < -0.3 is 15.5 Å². The molecule has 0 aliphatic carbocycles. The molecule has 146 valence electrons. The van der Waals surface area contributed by atoms with E-state index in [0.29, 0.717) is 13.0 Å². The lowest BCUT2D eigenvalue weighted by Crippen LogP contribution is -2.44. The minimum Gasteiger partial charge on any atom is -0.368 e. The summed E-state index contributed by atoms with van der Waals surface area (Å²) >= 11 is 0. The first-order valence-corrected chi connectivity index (χ1v) is 8.66. The fourth-order valence-corrected chi connectivity index (χ4v) is 2.83. The van der Waals surface area contributed by atoms with Gasteiger partial charge >= 0.3 is 0 Å². The van der Waals surface area contributed by atoms with E-state index in [9.17, 15) is 14.0 Å². The molecular weight excluding hydrogens is 373 g/mol. The van der Waals surface area contributed by atoms with Crippen LogP contribution in [0.25, 0.3) is 0 Å². The van der Waals surface area contributed by atoms with Gasteiger partial charge in [-0.05, 0) is 24.1 Å². The van der Waals surface area contributed by atoms with Crippen molar-refractivity contribution in [1.29, 1.82) is 0 Å². The van der Waals surface area contributed by atoms with E-state index in [1.807, 2.05) is 0 Å². The lowest BCUT2D eigenvalue weighted by molar-refractivity contribution is -0.121. The highest BCUT2D eigenvalue weighted by Crippen LogP contribution is 2.09. The SMILES string of the molecule is Cl.O=C(Cn1ncc(N2CCNCC2)cc1=O)NCCc1ccc(F)cc1. The van der Waals surface area contributed by atoms with Crippen molar-refractivity contribution >= 4 is 24.0 Å². The summed E-state index contributed by atoms with van der Waals surface area (Å²) in [5.74, 6) is -0.566. The second-order valence-corrected chi connectivity index (χ2v) is 6.17. The van der Waals surface area contributed by atoms with Crippen molar-refractivity contribution in [3.05, 3.63) is 58.3 Å². The second kappa shape index (κ2) is 10.0. The molecule has 0 spiro atoms. The van der Waals surface area contributed by atoms with Crippen LogP contribution in [0.4, 0.5) is 10.1 Å². The molecular formula is C18H23ClFN5O2. The predicted molar refractivity (Wildman–Crippen MR) is 104 cm³/mol. The normalized spacial score (nSPS) is 13.7.